The molecule has 1 saturated heterocycles. The van der Waals surface area contributed by atoms with Gasteiger partial charge in [0.2, 0.25) is 0 Å². The fraction of sp³-hybridized carbons (Fsp3) is 0.714. The van der Waals surface area contributed by atoms with Crippen molar-refractivity contribution in [3.05, 3.63) is 24.2 Å². The molecule has 2 rings (SSSR count). The molecule has 0 spiro atoms. The second kappa shape index (κ2) is 6.22. The van der Waals surface area contributed by atoms with Crippen molar-refractivity contribution in [2.24, 2.45) is 0 Å². The van der Waals surface area contributed by atoms with Crippen LogP contribution in [0, 0.1) is 0 Å². The van der Waals surface area contributed by atoms with Crippen molar-refractivity contribution >= 4 is 0 Å². The third-order valence-electron chi connectivity index (χ3n) is 3.72. The third-order valence-corrected chi connectivity index (χ3v) is 3.72. The minimum atomic E-state index is 0.322. The van der Waals surface area contributed by atoms with Crippen LogP contribution in [-0.2, 0) is 0 Å². The Morgan fingerprint density at radius 3 is 3.06 bits per heavy atom. The van der Waals surface area contributed by atoms with Gasteiger partial charge < -0.3 is 14.6 Å². The molecule has 17 heavy (non-hydrogen) atoms. The average molecular weight is 236 g/mol. The van der Waals surface area contributed by atoms with Gasteiger partial charge in [0.15, 0.2) is 0 Å². The summed E-state index contributed by atoms with van der Waals surface area (Å²) in [5.41, 5.74) is 0. The van der Waals surface area contributed by atoms with Crippen molar-refractivity contribution in [1.82, 2.24) is 10.2 Å². The van der Waals surface area contributed by atoms with Crippen molar-refractivity contribution < 1.29 is 4.42 Å². The zero-order valence-electron chi connectivity index (χ0n) is 11.0. The number of nitrogens with zero attached hydrogens (tertiary/aromatic N) is 1. The van der Waals surface area contributed by atoms with Crippen LogP contribution in [0.25, 0.3) is 0 Å². The Balaban J connectivity index is 1.82. The minimum absolute atomic E-state index is 0.322. The molecule has 0 bridgehead atoms. The summed E-state index contributed by atoms with van der Waals surface area (Å²) < 4.78 is 5.44. The Morgan fingerprint density at radius 2 is 2.35 bits per heavy atom. The van der Waals surface area contributed by atoms with Crippen molar-refractivity contribution in [2.75, 3.05) is 19.6 Å². The highest BCUT2D eigenvalue weighted by atomic mass is 16.3. The summed E-state index contributed by atoms with van der Waals surface area (Å²) in [6, 6.07) is 4.96. The zero-order chi connectivity index (χ0) is 12.1. The first-order valence-corrected chi connectivity index (χ1v) is 6.81. The van der Waals surface area contributed by atoms with E-state index in [0.717, 1.165) is 5.76 Å². The molecule has 1 fully saturated rings. The zero-order valence-corrected chi connectivity index (χ0v) is 11.0. The molecular weight excluding hydrogens is 212 g/mol. The fourth-order valence-electron chi connectivity index (χ4n) is 2.61. The lowest BCUT2D eigenvalue weighted by molar-refractivity contribution is 0.294. The first kappa shape index (κ1) is 12.7. The number of nitrogens with one attached hydrogen (secondary N) is 1. The third kappa shape index (κ3) is 3.58. The van der Waals surface area contributed by atoms with Crippen LogP contribution in [-0.4, -0.2) is 30.6 Å². The van der Waals surface area contributed by atoms with E-state index in [1.807, 2.05) is 12.1 Å². The quantitative estimate of drug-likeness (QED) is 0.871. The van der Waals surface area contributed by atoms with Crippen molar-refractivity contribution in [3.8, 4) is 0 Å². The first-order valence-electron chi connectivity index (χ1n) is 6.81. The first-order chi connectivity index (χ1) is 8.29. The maximum atomic E-state index is 5.44. The molecule has 1 aromatic heterocycles. The van der Waals surface area contributed by atoms with Crippen LogP contribution in [0.4, 0.5) is 0 Å². The van der Waals surface area contributed by atoms with Crippen LogP contribution in [0.15, 0.2) is 22.8 Å². The van der Waals surface area contributed by atoms with E-state index in [0.29, 0.717) is 12.1 Å². The molecule has 1 aromatic rings. The maximum absolute atomic E-state index is 5.44. The van der Waals surface area contributed by atoms with Crippen LogP contribution in [0.3, 0.4) is 0 Å². The fourth-order valence-corrected chi connectivity index (χ4v) is 2.61. The summed E-state index contributed by atoms with van der Waals surface area (Å²) in [7, 11) is 0. The van der Waals surface area contributed by atoms with Gasteiger partial charge in [-0.05, 0) is 58.0 Å². The Labute approximate surface area is 104 Å². The summed E-state index contributed by atoms with van der Waals surface area (Å²) >= 11 is 0. The van der Waals surface area contributed by atoms with Crippen molar-refractivity contribution in [1.29, 1.82) is 0 Å². The molecule has 3 nitrogen and oxygen atoms in total. The van der Waals surface area contributed by atoms with Gasteiger partial charge in [0.1, 0.15) is 5.76 Å². The number of hydrogen-bond donors (Lipinski definition) is 1. The monoisotopic (exact) mass is 236 g/mol. The highest BCUT2D eigenvalue weighted by Crippen LogP contribution is 2.17. The van der Waals surface area contributed by atoms with Crippen LogP contribution in [0.2, 0.25) is 0 Å². The lowest BCUT2D eigenvalue weighted by atomic mass is 10.1. The molecule has 3 heteroatoms. The van der Waals surface area contributed by atoms with Gasteiger partial charge in [-0.3, -0.25) is 0 Å². The topological polar surface area (TPSA) is 28.4 Å². The van der Waals surface area contributed by atoms with E-state index in [4.69, 9.17) is 4.42 Å². The highest BCUT2D eigenvalue weighted by Gasteiger charge is 2.18. The lowest BCUT2D eigenvalue weighted by Crippen LogP contribution is -2.32. The van der Waals surface area contributed by atoms with Gasteiger partial charge in [0.25, 0.3) is 0 Å². The Kier molecular flexibility index (Phi) is 4.63. The number of likely N-dealkylation sites (tertiary alicyclic amines) is 1. The second-order valence-electron chi connectivity index (χ2n) is 4.97. The molecule has 0 aromatic carbocycles. The van der Waals surface area contributed by atoms with Gasteiger partial charge in [-0.1, -0.05) is 6.92 Å². The van der Waals surface area contributed by atoms with E-state index < -0.39 is 0 Å². The van der Waals surface area contributed by atoms with Gasteiger partial charge in [0, 0.05) is 6.04 Å². The van der Waals surface area contributed by atoms with E-state index in [2.05, 4.69) is 24.1 Å². The summed E-state index contributed by atoms with van der Waals surface area (Å²) in [5.74, 6) is 1.04. The van der Waals surface area contributed by atoms with Crippen LogP contribution in [0.5, 0.6) is 0 Å². The standard InChI is InChI=1S/C14H24N2O/c1-3-16-9-4-6-13(8-10-16)15-12(2)14-7-5-11-17-14/h5,7,11-13,15H,3-4,6,8-10H2,1-2H3/t12-,13?/m0/s1. The molecule has 0 amide bonds. The van der Waals surface area contributed by atoms with E-state index in [1.165, 1.54) is 38.9 Å². The van der Waals surface area contributed by atoms with Crippen LogP contribution < -0.4 is 5.32 Å². The lowest BCUT2D eigenvalue weighted by Gasteiger charge is -2.21. The van der Waals surface area contributed by atoms with E-state index in [9.17, 15) is 0 Å². The molecule has 0 aliphatic carbocycles. The Morgan fingerprint density at radius 1 is 1.47 bits per heavy atom. The SMILES string of the molecule is CCN1CCCC(N[C@@H](C)c2ccco2)CC1. The Bertz CT molecular complexity index is 310. The van der Waals surface area contributed by atoms with E-state index in [1.54, 1.807) is 6.26 Å². The smallest absolute Gasteiger partial charge is 0.120 e. The number of rotatable bonds is 4. The number of furan rings is 1. The molecule has 2 heterocycles. The summed E-state index contributed by atoms with van der Waals surface area (Å²) in [4.78, 5) is 2.54. The van der Waals surface area contributed by atoms with Crippen molar-refractivity contribution in [3.63, 3.8) is 0 Å². The van der Waals surface area contributed by atoms with Gasteiger partial charge in [0.05, 0.1) is 12.3 Å². The molecule has 1 aliphatic rings. The summed E-state index contributed by atoms with van der Waals surface area (Å²) in [6.07, 6.45) is 5.58. The van der Waals surface area contributed by atoms with Crippen molar-refractivity contribution in [2.45, 2.75) is 45.2 Å². The van der Waals surface area contributed by atoms with Gasteiger partial charge in [-0.25, -0.2) is 0 Å². The second-order valence-corrected chi connectivity index (χ2v) is 4.97. The van der Waals surface area contributed by atoms with Gasteiger partial charge in [-0.15, -0.1) is 0 Å². The van der Waals surface area contributed by atoms with E-state index in [-0.39, 0.29) is 0 Å². The molecule has 1 unspecified atom stereocenters. The predicted molar refractivity (Wildman–Crippen MR) is 70.0 cm³/mol. The molecule has 2 atom stereocenters. The highest BCUT2D eigenvalue weighted by molar-refractivity contribution is 5.03. The molecule has 96 valence electrons. The average Bonchev–Trinajstić information content (AvgIpc) is 2.78. The van der Waals surface area contributed by atoms with Crippen LogP contribution >= 0.6 is 0 Å². The molecule has 0 saturated carbocycles. The maximum Gasteiger partial charge on any atom is 0.120 e. The number of hydrogen-bond acceptors (Lipinski definition) is 3. The molecular formula is C14H24N2O. The van der Waals surface area contributed by atoms with E-state index >= 15 is 0 Å². The predicted octanol–water partition coefficient (Wildman–Crippen LogP) is 2.80. The molecule has 1 aliphatic heterocycles. The summed E-state index contributed by atoms with van der Waals surface area (Å²) in [6.45, 7) is 8.09. The van der Waals surface area contributed by atoms with Crippen LogP contribution in [0.1, 0.15) is 44.9 Å². The summed E-state index contributed by atoms with van der Waals surface area (Å²) in [5, 5.41) is 3.69. The van der Waals surface area contributed by atoms with Gasteiger partial charge in [-0.2, -0.15) is 0 Å². The van der Waals surface area contributed by atoms with Gasteiger partial charge >= 0.3 is 0 Å². The molecule has 0 radical (unpaired) electrons. The minimum Gasteiger partial charge on any atom is -0.468 e. The Hall–Kier alpha value is -0.800. The molecule has 1 N–H and O–H groups in total. The largest absolute Gasteiger partial charge is 0.468 e. The normalized spacial score (nSPS) is 24.5.